The van der Waals surface area contributed by atoms with Crippen molar-refractivity contribution in [2.75, 3.05) is 18.1 Å². The molecule has 0 fully saturated rings. The third kappa shape index (κ3) is 3.96. The lowest BCUT2D eigenvalue weighted by Crippen LogP contribution is -2.00. The quantitative estimate of drug-likeness (QED) is 0.509. The molecule has 2 aromatic carbocycles. The van der Waals surface area contributed by atoms with Crippen molar-refractivity contribution in [3.63, 3.8) is 0 Å². The summed E-state index contributed by atoms with van der Waals surface area (Å²) >= 11 is 1.68. The van der Waals surface area contributed by atoms with E-state index in [9.17, 15) is 4.39 Å². The molecule has 0 aromatic heterocycles. The highest BCUT2D eigenvalue weighted by molar-refractivity contribution is 7.99. The number of anilines is 1. The molecular formula is C14H14FNOS. The minimum Gasteiger partial charge on any atom is -0.493 e. The molecule has 0 aliphatic rings. The molecule has 2 N–H and O–H groups in total. The predicted octanol–water partition coefficient (Wildman–Crippen LogP) is 3.58. The zero-order valence-electron chi connectivity index (χ0n) is 9.80. The standard InChI is InChI=1S/C14H14FNOS/c15-11-2-1-3-13(10-11)17-8-9-18-14-6-4-12(16)5-7-14/h1-7,10H,8-9,16H2. The molecule has 0 radical (unpaired) electrons. The molecule has 2 rings (SSSR count). The monoisotopic (exact) mass is 263 g/mol. The van der Waals surface area contributed by atoms with Crippen LogP contribution >= 0.6 is 11.8 Å². The predicted molar refractivity (Wildman–Crippen MR) is 73.5 cm³/mol. The number of hydrogen-bond donors (Lipinski definition) is 1. The molecule has 0 saturated heterocycles. The first-order chi connectivity index (χ1) is 8.74. The van der Waals surface area contributed by atoms with Crippen molar-refractivity contribution in [1.82, 2.24) is 0 Å². The van der Waals surface area contributed by atoms with Gasteiger partial charge in [-0.2, -0.15) is 0 Å². The van der Waals surface area contributed by atoms with E-state index in [1.54, 1.807) is 23.9 Å². The lowest BCUT2D eigenvalue weighted by atomic mass is 10.3. The summed E-state index contributed by atoms with van der Waals surface area (Å²) in [7, 11) is 0. The van der Waals surface area contributed by atoms with E-state index in [2.05, 4.69) is 0 Å². The van der Waals surface area contributed by atoms with Gasteiger partial charge in [0.25, 0.3) is 0 Å². The molecule has 0 saturated carbocycles. The average Bonchev–Trinajstić information content (AvgIpc) is 2.37. The maximum absolute atomic E-state index is 12.9. The van der Waals surface area contributed by atoms with Crippen LogP contribution in [0.15, 0.2) is 53.4 Å². The average molecular weight is 263 g/mol. The summed E-state index contributed by atoms with van der Waals surface area (Å²) in [5.41, 5.74) is 6.36. The Bertz CT molecular complexity index is 501. The fourth-order valence-electron chi connectivity index (χ4n) is 1.44. The second-order valence-electron chi connectivity index (χ2n) is 3.72. The van der Waals surface area contributed by atoms with E-state index in [4.69, 9.17) is 10.5 Å². The second-order valence-corrected chi connectivity index (χ2v) is 4.89. The van der Waals surface area contributed by atoms with Crippen LogP contribution in [0.4, 0.5) is 10.1 Å². The molecule has 0 aliphatic carbocycles. The summed E-state index contributed by atoms with van der Waals surface area (Å²) in [6, 6.07) is 13.9. The van der Waals surface area contributed by atoms with Gasteiger partial charge in [-0.15, -0.1) is 11.8 Å². The highest BCUT2D eigenvalue weighted by atomic mass is 32.2. The van der Waals surface area contributed by atoms with E-state index >= 15 is 0 Å². The molecule has 0 atom stereocenters. The highest BCUT2D eigenvalue weighted by Gasteiger charge is 1.97. The molecular weight excluding hydrogens is 249 g/mol. The molecule has 0 heterocycles. The third-order valence-electron chi connectivity index (χ3n) is 2.30. The molecule has 18 heavy (non-hydrogen) atoms. The van der Waals surface area contributed by atoms with Crippen LogP contribution in [0.25, 0.3) is 0 Å². The second kappa shape index (κ2) is 6.31. The number of hydrogen-bond acceptors (Lipinski definition) is 3. The molecule has 94 valence electrons. The van der Waals surface area contributed by atoms with Gasteiger partial charge in [0.2, 0.25) is 0 Å². The Kier molecular flexibility index (Phi) is 4.47. The zero-order valence-corrected chi connectivity index (χ0v) is 10.6. The van der Waals surface area contributed by atoms with Crippen LogP contribution in [0, 0.1) is 5.82 Å². The number of nitrogens with two attached hydrogens (primary N) is 1. The van der Waals surface area contributed by atoms with Crippen LogP contribution in [-0.2, 0) is 0 Å². The zero-order chi connectivity index (χ0) is 12.8. The van der Waals surface area contributed by atoms with Crippen LogP contribution in [0.5, 0.6) is 5.75 Å². The smallest absolute Gasteiger partial charge is 0.126 e. The van der Waals surface area contributed by atoms with Crippen molar-refractivity contribution < 1.29 is 9.13 Å². The van der Waals surface area contributed by atoms with Gasteiger partial charge in [-0.05, 0) is 36.4 Å². The van der Waals surface area contributed by atoms with Gasteiger partial charge in [0.15, 0.2) is 0 Å². The van der Waals surface area contributed by atoms with Gasteiger partial charge in [0.05, 0.1) is 6.61 Å². The van der Waals surface area contributed by atoms with Crippen molar-refractivity contribution in [3.05, 3.63) is 54.3 Å². The number of thioether (sulfide) groups is 1. The molecule has 0 unspecified atom stereocenters. The first kappa shape index (κ1) is 12.8. The SMILES string of the molecule is Nc1ccc(SCCOc2cccc(F)c2)cc1. The van der Waals surface area contributed by atoms with Gasteiger partial charge < -0.3 is 10.5 Å². The van der Waals surface area contributed by atoms with Gasteiger partial charge in [-0.25, -0.2) is 4.39 Å². The van der Waals surface area contributed by atoms with Crippen molar-refractivity contribution in [1.29, 1.82) is 0 Å². The number of rotatable bonds is 5. The third-order valence-corrected chi connectivity index (χ3v) is 3.27. The Morgan fingerprint density at radius 2 is 1.89 bits per heavy atom. The summed E-state index contributed by atoms with van der Waals surface area (Å²) < 4.78 is 18.3. The molecule has 0 amide bonds. The summed E-state index contributed by atoms with van der Waals surface area (Å²) in [4.78, 5) is 1.15. The van der Waals surface area contributed by atoms with Crippen LogP contribution in [0.3, 0.4) is 0 Å². The normalized spacial score (nSPS) is 10.3. The Balaban J connectivity index is 1.74. The Morgan fingerprint density at radius 1 is 1.11 bits per heavy atom. The van der Waals surface area contributed by atoms with Gasteiger partial charge in [0, 0.05) is 22.4 Å². The topological polar surface area (TPSA) is 35.2 Å². The van der Waals surface area contributed by atoms with E-state index in [0.717, 1.165) is 16.3 Å². The maximum Gasteiger partial charge on any atom is 0.126 e. The number of benzene rings is 2. The summed E-state index contributed by atoms with van der Waals surface area (Å²) in [6.45, 7) is 0.540. The van der Waals surface area contributed by atoms with Gasteiger partial charge >= 0.3 is 0 Å². The molecule has 2 aromatic rings. The van der Waals surface area contributed by atoms with Crippen molar-refractivity contribution in [3.8, 4) is 5.75 Å². The van der Waals surface area contributed by atoms with Crippen LogP contribution in [-0.4, -0.2) is 12.4 Å². The van der Waals surface area contributed by atoms with Crippen LogP contribution < -0.4 is 10.5 Å². The molecule has 2 nitrogen and oxygen atoms in total. The van der Waals surface area contributed by atoms with E-state index in [0.29, 0.717) is 12.4 Å². The number of nitrogen functional groups attached to an aromatic ring is 1. The molecule has 0 bridgehead atoms. The first-order valence-electron chi connectivity index (χ1n) is 5.61. The van der Waals surface area contributed by atoms with Crippen LogP contribution in [0.1, 0.15) is 0 Å². The van der Waals surface area contributed by atoms with Gasteiger partial charge in [-0.3, -0.25) is 0 Å². The molecule has 4 heteroatoms. The lowest BCUT2D eigenvalue weighted by molar-refractivity contribution is 0.342. The van der Waals surface area contributed by atoms with Crippen LogP contribution in [0.2, 0.25) is 0 Å². The Hall–Kier alpha value is -1.68. The van der Waals surface area contributed by atoms with Crippen molar-refractivity contribution >= 4 is 17.4 Å². The molecule has 0 spiro atoms. The minimum atomic E-state index is -0.279. The fraction of sp³-hybridized carbons (Fsp3) is 0.143. The van der Waals surface area contributed by atoms with E-state index < -0.39 is 0 Å². The van der Waals surface area contributed by atoms with Gasteiger partial charge in [-0.1, -0.05) is 6.07 Å². The largest absolute Gasteiger partial charge is 0.493 e. The summed E-state index contributed by atoms with van der Waals surface area (Å²) in [6.07, 6.45) is 0. The van der Waals surface area contributed by atoms with E-state index in [-0.39, 0.29) is 5.82 Å². The van der Waals surface area contributed by atoms with Crippen molar-refractivity contribution in [2.24, 2.45) is 0 Å². The highest BCUT2D eigenvalue weighted by Crippen LogP contribution is 2.19. The Morgan fingerprint density at radius 3 is 2.61 bits per heavy atom. The summed E-state index contributed by atoms with van der Waals surface area (Å²) in [5.74, 6) is 1.09. The van der Waals surface area contributed by atoms with Crippen molar-refractivity contribution in [2.45, 2.75) is 4.90 Å². The summed E-state index contributed by atoms with van der Waals surface area (Å²) in [5, 5.41) is 0. The van der Waals surface area contributed by atoms with E-state index in [1.165, 1.54) is 12.1 Å². The molecule has 0 aliphatic heterocycles. The number of halogens is 1. The first-order valence-corrected chi connectivity index (χ1v) is 6.59. The lowest BCUT2D eigenvalue weighted by Gasteiger charge is -2.06. The Labute approximate surface area is 110 Å². The fourth-order valence-corrected chi connectivity index (χ4v) is 2.17. The maximum atomic E-state index is 12.9. The van der Waals surface area contributed by atoms with E-state index in [1.807, 2.05) is 24.3 Å². The number of ether oxygens (including phenoxy) is 1. The van der Waals surface area contributed by atoms with Gasteiger partial charge in [0.1, 0.15) is 11.6 Å². The minimum absolute atomic E-state index is 0.279.